The van der Waals surface area contributed by atoms with E-state index in [1.54, 1.807) is 6.07 Å². The van der Waals surface area contributed by atoms with Gasteiger partial charge in [0, 0.05) is 18.5 Å². The maximum Gasteiger partial charge on any atom is 0.211 e. The molecule has 1 saturated carbocycles. The number of benzene rings is 2. The highest BCUT2D eigenvalue weighted by molar-refractivity contribution is 7.89. The van der Waals surface area contributed by atoms with E-state index in [-0.39, 0.29) is 30.1 Å². The number of nitrogens with two attached hydrogens (primary N) is 1. The Labute approximate surface area is 195 Å². The summed E-state index contributed by atoms with van der Waals surface area (Å²) in [5.41, 5.74) is 10.7. The molecular weight excluding hydrogens is 454 g/mol. The summed E-state index contributed by atoms with van der Waals surface area (Å²) >= 11 is 0. The zero-order chi connectivity index (χ0) is 22.0. The van der Waals surface area contributed by atoms with Crippen molar-refractivity contribution in [1.82, 2.24) is 4.72 Å². The van der Waals surface area contributed by atoms with Gasteiger partial charge in [0.25, 0.3) is 0 Å². The zero-order valence-corrected chi connectivity index (χ0v) is 19.7. The molecule has 0 amide bonds. The Morgan fingerprint density at radius 2 is 1.75 bits per heavy atom. The molecule has 32 heavy (non-hydrogen) atoms. The average molecular weight is 485 g/mol. The maximum atomic E-state index is 13.7. The van der Waals surface area contributed by atoms with Crippen molar-refractivity contribution in [3.63, 3.8) is 0 Å². The van der Waals surface area contributed by atoms with Gasteiger partial charge in [-0.05, 0) is 85.3 Å². The molecule has 0 aliphatic heterocycles. The van der Waals surface area contributed by atoms with E-state index in [0.717, 1.165) is 49.7 Å². The van der Waals surface area contributed by atoms with Crippen LogP contribution in [0.4, 0.5) is 8.78 Å². The third-order valence-electron chi connectivity index (χ3n) is 6.43. The quantitative estimate of drug-likeness (QED) is 0.523. The third-order valence-corrected chi connectivity index (χ3v) is 7.98. The van der Waals surface area contributed by atoms with Gasteiger partial charge in [0.1, 0.15) is 0 Å². The number of nitrogens with one attached hydrogen (secondary N) is 1. The Morgan fingerprint density at radius 3 is 2.47 bits per heavy atom. The van der Waals surface area contributed by atoms with Crippen molar-refractivity contribution in [1.29, 1.82) is 0 Å². The molecule has 0 heterocycles. The molecule has 0 aromatic heterocycles. The highest BCUT2D eigenvalue weighted by atomic mass is 35.5. The summed E-state index contributed by atoms with van der Waals surface area (Å²) in [6.45, 7) is 0.434. The number of aryl methyl sites for hydroxylation is 2. The fourth-order valence-corrected chi connectivity index (χ4v) is 6.01. The predicted octanol–water partition coefficient (Wildman–Crippen LogP) is 4.25. The molecule has 2 aromatic rings. The van der Waals surface area contributed by atoms with Crippen LogP contribution in [0.3, 0.4) is 0 Å². The molecule has 176 valence electrons. The van der Waals surface area contributed by atoms with Crippen molar-refractivity contribution < 1.29 is 17.2 Å². The fourth-order valence-electron chi connectivity index (χ4n) is 4.48. The highest BCUT2D eigenvalue weighted by Gasteiger charge is 2.28. The van der Waals surface area contributed by atoms with Crippen molar-refractivity contribution in [2.45, 2.75) is 56.9 Å². The van der Waals surface area contributed by atoms with Gasteiger partial charge in [0.2, 0.25) is 10.0 Å². The lowest BCUT2D eigenvalue weighted by Crippen LogP contribution is -2.34. The monoisotopic (exact) mass is 484 g/mol. The molecule has 2 unspecified atom stereocenters. The van der Waals surface area contributed by atoms with Gasteiger partial charge in [0.05, 0.1) is 5.75 Å². The summed E-state index contributed by atoms with van der Waals surface area (Å²) in [7, 11) is -3.17. The Bertz CT molecular complexity index is 1040. The van der Waals surface area contributed by atoms with Gasteiger partial charge in [-0.15, -0.1) is 12.4 Å². The largest absolute Gasteiger partial charge is 0.327 e. The van der Waals surface area contributed by atoms with E-state index in [0.29, 0.717) is 18.9 Å². The minimum atomic E-state index is -3.17. The van der Waals surface area contributed by atoms with Gasteiger partial charge in [-0.25, -0.2) is 21.9 Å². The lowest BCUT2D eigenvalue weighted by molar-refractivity contribution is 0.463. The standard InChI is InChI=1S/C24H30F2N2O2S.ClH/c25-22-9-6-18(14-23(22)26)13-21-20-12-16(5-7-19(20)8-10-24(21)27)2-1-11-28-31(29,30)15-17-3-4-17;/h5-7,9,12,14,17,21,24,28H,1-4,8,10-11,13,15,27H2;1H. The normalized spacial score (nSPS) is 20.5. The zero-order valence-electron chi connectivity index (χ0n) is 18.0. The number of rotatable bonds is 9. The molecule has 4 rings (SSSR count). The summed E-state index contributed by atoms with van der Waals surface area (Å²) in [6.07, 6.45) is 5.87. The van der Waals surface area contributed by atoms with Crippen LogP contribution in [0.1, 0.15) is 53.9 Å². The topological polar surface area (TPSA) is 72.2 Å². The van der Waals surface area contributed by atoms with E-state index < -0.39 is 21.7 Å². The van der Waals surface area contributed by atoms with E-state index in [4.69, 9.17) is 5.73 Å². The van der Waals surface area contributed by atoms with Crippen LogP contribution in [-0.2, 0) is 29.3 Å². The molecule has 8 heteroatoms. The number of sulfonamides is 1. The SMILES string of the molecule is Cl.NC1CCc2ccc(CCCNS(=O)(=O)CC3CC3)cc2C1Cc1ccc(F)c(F)c1. The lowest BCUT2D eigenvalue weighted by atomic mass is 9.76. The number of halogens is 3. The summed E-state index contributed by atoms with van der Waals surface area (Å²) in [5, 5.41) is 0. The predicted molar refractivity (Wildman–Crippen MR) is 126 cm³/mol. The van der Waals surface area contributed by atoms with Gasteiger partial charge in [-0.2, -0.15) is 0 Å². The Balaban J connectivity index is 0.00000289. The third kappa shape index (κ3) is 6.50. The molecule has 0 saturated heterocycles. The van der Waals surface area contributed by atoms with Crippen molar-refractivity contribution in [3.05, 3.63) is 70.3 Å². The molecule has 2 aliphatic rings. The minimum absolute atomic E-state index is 0. The van der Waals surface area contributed by atoms with E-state index >= 15 is 0 Å². The first-order valence-corrected chi connectivity index (χ1v) is 12.7. The number of fused-ring (bicyclic) bond motifs is 1. The molecule has 2 aliphatic carbocycles. The fraction of sp³-hybridized carbons (Fsp3) is 0.500. The molecule has 2 atom stereocenters. The smallest absolute Gasteiger partial charge is 0.211 e. The Hall–Kier alpha value is -1.54. The van der Waals surface area contributed by atoms with E-state index in [9.17, 15) is 17.2 Å². The summed E-state index contributed by atoms with van der Waals surface area (Å²) in [6, 6.07) is 10.4. The van der Waals surface area contributed by atoms with Crippen LogP contribution >= 0.6 is 12.4 Å². The first-order valence-electron chi connectivity index (χ1n) is 11.1. The second-order valence-corrected chi connectivity index (χ2v) is 10.9. The van der Waals surface area contributed by atoms with Crippen LogP contribution in [0.15, 0.2) is 36.4 Å². The molecule has 0 bridgehead atoms. The number of hydrogen-bond donors (Lipinski definition) is 2. The van der Waals surface area contributed by atoms with Crippen molar-refractivity contribution >= 4 is 22.4 Å². The van der Waals surface area contributed by atoms with Gasteiger partial charge < -0.3 is 5.73 Å². The van der Waals surface area contributed by atoms with Crippen LogP contribution in [0, 0.1) is 17.6 Å². The molecule has 4 nitrogen and oxygen atoms in total. The molecule has 0 spiro atoms. The molecule has 2 aromatic carbocycles. The maximum absolute atomic E-state index is 13.7. The van der Waals surface area contributed by atoms with Crippen LogP contribution < -0.4 is 10.5 Å². The van der Waals surface area contributed by atoms with E-state index in [2.05, 4.69) is 22.9 Å². The lowest BCUT2D eigenvalue weighted by Gasteiger charge is -2.32. The van der Waals surface area contributed by atoms with Crippen molar-refractivity contribution in [2.75, 3.05) is 12.3 Å². The van der Waals surface area contributed by atoms with Gasteiger partial charge >= 0.3 is 0 Å². The first-order chi connectivity index (χ1) is 14.8. The average Bonchev–Trinajstić information content (AvgIpc) is 3.53. The molecular formula is C24H31ClF2N2O2S. The second kappa shape index (κ2) is 10.6. The van der Waals surface area contributed by atoms with Gasteiger partial charge in [0.15, 0.2) is 11.6 Å². The molecule has 1 fully saturated rings. The highest BCUT2D eigenvalue weighted by Crippen LogP contribution is 2.35. The second-order valence-electron chi connectivity index (χ2n) is 9.02. The number of hydrogen-bond acceptors (Lipinski definition) is 3. The van der Waals surface area contributed by atoms with Crippen molar-refractivity contribution in [3.8, 4) is 0 Å². The Kier molecular flexibility index (Phi) is 8.31. The van der Waals surface area contributed by atoms with Gasteiger partial charge in [-0.1, -0.05) is 24.3 Å². The Morgan fingerprint density at radius 1 is 1.00 bits per heavy atom. The molecule has 3 N–H and O–H groups in total. The van der Waals surface area contributed by atoms with Crippen LogP contribution in [0.25, 0.3) is 0 Å². The van der Waals surface area contributed by atoms with E-state index in [1.165, 1.54) is 23.3 Å². The first kappa shape index (κ1) is 25.1. The molecule has 0 radical (unpaired) electrons. The minimum Gasteiger partial charge on any atom is -0.327 e. The van der Waals surface area contributed by atoms with Crippen LogP contribution in [0.2, 0.25) is 0 Å². The van der Waals surface area contributed by atoms with E-state index in [1.807, 2.05) is 0 Å². The van der Waals surface area contributed by atoms with Crippen molar-refractivity contribution in [2.24, 2.45) is 11.7 Å². The van der Waals surface area contributed by atoms with Crippen LogP contribution in [-0.4, -0.2) is 26.8 Å². The summed E-state index contributed by atoms with van der Waals surface area (Å²) in [5.74, 6) is -1.04. The van der Waals surface area contributed by atoms with Gasteiger partial charge in [-0.3, -0.25) is 0 Å². The summed E-state index contributed by atoms with van der Waals surface area (Å²) < 4.78 is 53.7. The summed E-state index contributed by atoms with van der Waals surface area (Å²) in [4.78, 5) is 0. The van der Waals surface area contributed by atoms with Crippen LogP contribution in [0.5, 0.6) is 0 Å².